The van der Waals surface area contributed by atoms with Gasteiger partial charge in [-0.05, 0) is 36.8 Å². The first kappa shape index (κ1) is 24.6. The average Bonchev–Trinajstić information content (AvgIpc) is 3.14. The summed E-state index contributed by atoms with van der Waals surface area (Å²) in [7, 11) is 6.39. The lowest BCUT2D eigenvalue weighted by atomic mass is 10.0. The Morgan fingerprint density at radius 2 is 1.65 bits per heavy atom. The zero-order valence-corrected chi connectivity index (χ0v) is 20.3. The summed E-state index contributed by atoms with van der Waals surface area (Å²) in [4.78, 5) is 39.9. The maximum atomic E-state index is 12.8. The second-order valence-corrected chi connectivity index (χ2v) is 7.98. The number of nitrogens with one attached hydrogen (secondary N) is 2. The summed E-state index contributed by atoms with van der Waals surface area (Å²) >= 11 is 0. The van der Waals surface area contributed by atoms with E-state index >= 15 is 0 Å². The van der Waals surface area contributed by atoms with E-state index in [0.29, 0.717) is 34.9 Å². The number of ether oxygens (including phenoxy) is 2. The number of rotatable bonds is 8. The SMILES string of the molecule is CCC(Nc1ccc(N(CC(=O)N(C)C)C(C)=O)cc1)=C1C(=O)Nc2cc(OC)c(OC)cc21. The number of hydrogen-bond donors (Lipinski definition) is 2. The van der Waals surface area contributed by atoms with Crippen molar-refractivity contribution < 1.29 is 23.9 Å². The van der Waals surface area contributed by atoms with Gasteiger partial charge < -0.3 is 29.9 Å². The first-order chi connectivity index (χ1) is 16.2. The van der Waals surface area contributed by atoms with Crippen LogP contribution in [-0.2, 0) is 14.4 Å². The first-order valence-corrected chi connectivity index (χ1v) is 10.9. The molecule has 0 aliphatic carbocycles. The highest BCUT2D eigenvalue weighted by atomic mass is 16.5. The number of allylic oxidation sites excluding steroid dienone is 1. The van der Waals surface area contributed by atoms with Crippen LogP contribution in [0.25, 0.3) is 5.57 Å². The molecule has 0 bridgehead atoms. The quantitative estimate of drug-likeness (QED) is 0.579. The number of likely N-dealkylation sites (N-methyl/N-ethyl adjacent to an activating group) is 1. The molecular formula is C25H30N4O5. The van der Waals surface area contributed by atoms with Crippen LogP contribution in [0.3, 0.4) is 0 Å². The monoisotopic (exact) mass is 466 g/mol. The molecule has 0 fully saturated rings. The van der Waals surface area contributed by atoms with Crippen LogP contribution in [-0.4, -0.2) is 57.5 Å². The molecule has 1 heterocycles. The van der Waals surface area contributed by atoms with Crippen molar-refractivity contribution in [1.82, 2.24) is 4.90 Å². The zero-order valence-electron chi connectivity index (χ0n) is 20.3. The highest BCUT2D eigenvalue weighted by Crippen LogP contribution is 2.42. The minimum absolute atomic E-state index is 0.0401. The van der Waals surface area contributed by atoms with E-state index in [2.05, 4.69) is 10.6 Å². The molecule has 180 valence electrons. The Balaban J connectivity index is 1.91. The smallest absolute Gasteiger partial charge is 0.258 e. The van der Waals surface area contributed by atoms with E-state index < -0.39 is 0 Å². The topological polar surface area (TPSA) is 100 Å². The van der Waals surface area contributed by atoms with Crippen LogP contribution in [0.1, 0.15) is 25.8 Å². The fraction of sp³-hybridized carbons (Fsp3) is 0.320. The third-order valence-electron chi connectivity index (χ3n) is 5.57. The van der Waals surface area contributed by atoms with Crippen molar-refractivity contribution in [3.8, 4) is 11.5 Å². The Hall–Kier alpha value is -4.01. The van der Waals surface area contributed by atoms with Crippen molar-refractivity contribution in [2.24, 2.45) is 0 Å². The number of carbonyl (C=O) groups excluding carboxylic acids is 3. The zero-order chi connectivity index (χ0) is 25.0. The van der Waals surface area contributed by atoms with Crippen molar-refractivity contribution in [2.45, 2.75) is 20.3 Å². The molecule has 3 rings (SSSR count). The second-order valence-electron chi connectivity index (χ2n) is 7.98. The highest BCUT2D eigenvalue weighted by Gasteiger charge is 2.29. The standard InChI is InChI=1S/C25H30N4O5/c1-7-19(24-18-12-21(33-5)22(34-6)13-20(18)27-25(24)32)26-16-8-10-17(11-9-16)29(15(2)30)14-23(31)28(3)4/h8-13,26H,7,14H2,1-6H3,(H,27,32). The molecule has 0 unspecified atom stereocenters. The van der Waals surface area contributed by atoms with E-state index in [4.69, 9.17) is 9.47 Å². The molecule has 9 nitrogen and oxygen atoms in total. The van der Waals surface area contributed by atoms with Crippen molar-refractivity contribution in [3.63, 3.8) is 0 Å². The summed E-state index contributed by atoms with van der Waals surface area (Å²) in [6.45, 7) is 3.34. The van der Waals surface area contributed by atoms with Gasteiger partial charge in [-0.1, -0.05) is 6.92 Å². The largest absolute Gasteiger partial charge is 0.493 e. The summed E-state index contributed by atoms with van der Waals surface area (Å²) < 4.78 is 10.7. The molecule has 0 saturated carbocycles. The third kappa shape index (κ3) is 4.98. The van der Waals surface area contributed by atoms with Crippen molar-refractivity contribution in [3.05, 3.63) is 47.7 Å². The van der Waals surface area contributed by atoms with E-state index in [0.717, 1.165) is 16.9 Å². The van der Waals surface area contributed by atoms with Crippen LogP contribution < -0.4 is 25.0 Å². The maximum Gasteiger partial charge on any atom is 0.258 e. The molecule has 2 aromatic carbocycles. The second kappa shape index (κ2) is 10.3. The Morgan fingerprint density at radius 3 is 2.18 bits per heavy atom. The minimum atomic E-state index is -0.226. The van der Waals surface area contributed by atoms with Gasteiger partial charge in [-0.3, -0.25) is 14.4 Å². The number of hydrogen-bond acceptors (Lipinski definition) is 6. The molecule has 1 aliphatic rings. The number of fused-ring (bicyclic) bond motifs is 1. The van der Waals surface area contributed by atoms with Gasteiger partial charge in [0.1, 0.15) is 6.54 Å². The molecule has 0 saturated heterocycles. The van der Waals surface area contributed by atoms with Crippen LogP contribution >= 0.6 is 0 Å². The normalized spacial score (nSPS) is 13.5. The number of amides is 3. The lowest BCUT2D eigenvalue weighted by Gasteiger charge is -2.23. The lowest BCUT2D eigenvalue weighted by molar-refractivity contribution is -0.129. The van der Waals surface area contributed by atoms with Crippen LogP contribution in [0, 0.1) is 0 Å². The molecule has 3 amide bonds. The Morgan fingerprint density at radius 1 is 1.03 bits per heavy atom. The number of nitrogens with zero attached hydrogens (tertiary/aromatic N) is 2. The summed E-state index contributed by atoms with van der Waals surface area (Å²) in [6, 6.07) is 10.7. The van der Waals surface area contributed by atoms with Gasteiger partial charge in [0.2, 0.25) is 11.8 Å². The van der Waals surface area contributed by atoms with Crippen molar-refractivity contribution in [1.29, 1.82) is 0 Å². The average molecular weight is 467 g/mol. The van der Waals surface area contributed by atoms with Crippen LogP contribution in [0.5, 0.6) is 11.5 Å². The van der Waals surface area contributed by atoms with Crippen molar-refractivity contribution in [2.75, 3.05) is 50.4 Å². The molecule has 2 aromatic rings. The maximum absolute atomic E-state index is 12.8. The Bertz CT molecular complexity index is 1140. The molecule has 0 radical (unpaired) electrons. The minimum Gasteiger partial charge on any atom is -0.493 e. The molecule has 0 aromatic heterocycles. The van der Waals surface area contributed by atoms with Gasteiger partial charge in [-0.15, -0.1) is 0 Å². The lowest BCUT2D eigenvalue weighted by Crippen LogP contribution is -2.39. The van der Waals surface area contributed by atoms with Gasteiger partial charge in [0.05, 0.1) is 25.5 Å². The Kier molecular flexibility index (Phi) is 7.45. The number of benzene rings is 2. The van der Waals surface area contributed by atoms with E-state index in [1.165, 1.54) is 16.7 Å². The molecule has 0 atom stereocenters. The predicted molar refractivity (Wildman–Crippen MR) is 132 cm³/mol. The summed E-state index contributed by atoms with van der Waals surface area (Å²) in [5, 5.41) is 6.22. The fourth-order valence-electron chi connectivity index (χ4n) is 3.68. The van der Waals surface area contributed by atoms with Gasteiger partial charge in [0.15, 0.2) is 11.5 Å². The van der Waals surface area contributed by atoms with Gasteiger partial charge in [0.25, 0.3) is 5.91 Å². The van der Waals surface area contributed by atoms with E-state index in [1.807, 2.05) is 19.1 Å². The summed E-state index contributed by atoms with van der Waals surface area (Å²) in [5.41, 5.74) is 4.01. The van der Waals surface area contributed by atoms with Gasteiger partial charge in [-0.25, -0.2) is 0 Å². The summed E-state index contributed by atoms with van der Waals surface area (Å²) in [6.07, 6.45) is 0.579. The predicted octanol–water partition coefficient (Wildman–Crippen LogP) is 3.33. The highest BCUT2D eigenvalue weighted by molar-refractivity contribution is 6.32. The third-order valence-corrected chi connectivity index (χ3v) is 5.57. The molecule has 34 heavy (non-hydrogen) atoms. The number of methoxy groups -OCH3 is 2. The van der Waals surface area contributed by atoms with E-state index in [9.17, 15) is 14.4 Å². The molecule has 0 spiro atoms. The summed E-state index contributed by atoms with van der Waals surface area (Å²) in [5.74, 6) is 0.458. The number of carbonyl (C=O) groups is 3. The molecule has 1 aliphatic heterocycles. The van der Waals surface area contributed by atoms with Gasteiger partial charge >= 0.3 is 0 Å². The van der Waals surface area contributed by atoms with Crippen LogP contribution in [0.15, 0.2) is 42.1 Å². The fourth-order valence-corrected chi connectivity index (χ4v) is 3.68. The van der Waals surface area contributed by atoms with E-state index in [-0.39, 0.29) is 24.3 Å². The van der Waals surface area contributed by atoms with Crippen molar-refractivity contribution >= 4 is 40.4 Å². The molecular weight excluding hydrogens is 436 g/mol. The molecule has 2 N–H and O–H groups in total. The van der Waals surface area contributed by atoms with Gasteiger partial charge in [0, 0.05) is 49.7 Å². The molecule has 9 heteroatoms. The first-order valence-electron chi connectivity index (χ1n) is 10.9. The van der Waals surface area contributed by atoms with Crippen LogP contribution in [0.4, 0.5) is 17.1 Å². The van der Waals surface area contributed by atoms with Gasteiger partial charge in [-0.2, -0.15) is 0 Å². The number of anilines is 3. The Labute approximate surface area is 199 Å². The van der Waals surface area contributed by atoms with E-state index in [1.54, 1.807) is 52.6 Å². The van der Waals surface area contributed by atoms with Crippen LogP contribution in [0.2, 0.25) is 0 Å².